The number of aliphatic hydroxyl groups is 1. The molecule has 0 radical (unpaired) electrons. The average Bonchev–Trinajstić information content (AvgIpc) is 3.46. The summed E-state index contributed by atoms with van der Waals surface area (Å²) >= 11 is 0. The molecule has 3 aliphatic rings. The Morgan fingerprint density at radius 2 is 1.69 bits per heavy atom. The summed E-state index contributed by atoms with van der Waals surface area (Å²) in [7, 11) is -3.46. The zero-order valence-electron chi connectivity index (χ0n) is 26.2. The van der Waals surface area contributed by atoms with Crippen molar-refractivity contribution in [2.75, 3.05) is 12.4 Å². The first-order valence-electron chi connectivity index (χ1n) is 16.2. The second kappa shape index (κ2) is 15.0. The van der Waals surface area contributed by atoms with Crippen LogP contribution in [-0.2, 0) is 24.0 Å². The zero-order chi connectivity index (χ0) is 30.4. The van der Waals surface area contributed by atoms with Gasteiger partial charge in [0.1, 0.15) is 0 Å². The number of ether oxygens (including phenoxy) is 3. The summed E-state index contributed by atoms with van der Waals surface area (Å²) in [6.45, 7) is 17.7. The summed E-state index contributed by atoms with van der Waals surface area (Å²) in [6, 6.07) is 8.80. The van der Waals surface area contributed by atoms with Gasteiger partial charge in [0.05, 0.1) is 47.3 Å². The van der Waals surface area contributed by atoms with Gasteiger partial charge in [-0.1, -0.05) is 65.5 Å². The van der Waals surface area contributed by atoms with E-state index in [1.54, 1.807) is 24.3 Å². The second-order valence-electron chi connectivity index (χ2n) is 13.3. The molecule has 10 atom stereocenters. The summed E-state index contributed by atoms with van der Waals surface area (Å²) in [5.74, 6) is 0.944. The van der Waals surface area contributed by atoms with Gasteiger partial charge >= 0.3 is 0 Å². The van der Waals surface area contributed by atoms with Gasteiger partial charge in [-0.25, -0.2) is 8.42 Å². The van der Waals surface area contributed by atoms with E-state index in [-0.39, 0.29) is 60.8 Å². The molecule has 1 aromatic rings. The van der Waals surface area contributed by atoms with Gasteiger partial charge in [-0.2, -0.15) is 0 Å². The molecule has 0 aliphatic carbocycles. The number of hydrogen-bond donors (Lipinski definition) is 1. The van der Waals surface area contributed by atoms with E-state index in [1.165, 1.54) is 0 Å². The lowest BCUT2D eigenvalue weighted by molar-refractivity contribution is -0.0737. The monoisotopic (exact) mass is 602 g/mol. The average molecular weight is 603 g/mol. The SMILES string of the molecule is C=C1C[C@H](CCCO)OC1CC[C@H]1C[C@@H](C)C(=C)C(C[C@@H]2OC(C[C@H](C)CC)[C@H](C)[C@H]2CS(=O)(=O)c2ccccc2)O1. The minimum atomic E-state index is -3.46. The Hall–Kier alpha value is -1.51. The lowest BCUT2D eigenvalue weighted by Gasteiger charge is -2.38. The Labute approximate surface area is 254 Å². The van der Waals surface area contributed by atoms with Crippen molar-refractivity contribution in [1.29, 1.82) is 0 Å². The van der Waals surface area contributed by atoms with E-state index in [0.29, 0.717) is 23.2 Å². The van der Waals surface area contributed by atoms with Crippen LogP contribution in [-0.4, -0.2) is 62.5 Å². The van der Waals surface area contributed by atoms with Gasteiger partial charge in [0.25, 0.3) is 0 Å². The zero-order valence-corrected chi connectivity index (χ0v) is 27.1. The molecule has 0 saturated carbocycles. The molecule has 3 saturated heterocycles. The van der Waals surface area contributed by atoms with E-state index in [2.05, 4.69) is 40.9 Å². The van der Waals surface area contributed by atoms with E-state index < -0.39 is 9.84 Å². The minimum Gasteiger partial charge on any atom is -0.396 e. The van der Waals surface area contributed by atoms with Crippen molar-refractivity contribution in [3.05, 3.63) is 54.6 Å². The van der Waals surface area contributed by atoms with E-state index >= 15 is 0 Å². The normalized spacial score (nSPS) is 34.6. The molecule has 1 aromatic carbocycles. The highest BCUT2D eigenvalue weighted by molar-refractivity contribution is 7.91. The largest absolute Gasteiger partial charge is 0.396 e. The minimum absolute atomic E-state index is 0.0373. The summed E-state index contributed by atoms with van der Waals surface area (Å²) in [5.41, 5.74) is 2.23. The predicted octanol–water partition coefficient (Wildman–Crippen LogP) is 6.92. The maximum atomic E-state index is 13.5. The predicted molar refractivity (Wildman–Crippen MR) is 168 cm³/mol. The van der Waals surface area contributed by atoms with E-state index in [9.17, 15) is 8.42 Å². The molecular weight excluding hydrogens is 548 g/mol. The number of sulfone groups is 1. The number of benzene rings is 1. The first-order chi connectivity index (χ1) is 20.0. The quantitative estimate of drug-likeness (QED) is 0.233. The van der Waals surface area contributed by atoms with Crippen LogP contribution in [0.25, 0.3) is 0 Å². The Morgan fingerprint density at radius 1 is 0.976 bits per heavy atom. The maximum Gasteiger partial charge on any atom is 0.178 e. The standard InChI is InChI=1S/C35H54O6S/c1-7-23(2)18-33-27(6)31(22-42(37,38)30-13-9-8-10-14-30)35(41-33)21-34-26(5)24(3)19-29(40-34)15-16-32-25(4)20-28(39-32)12-11-17-36/h8-10,13-14,23-24,27-29,31-36H,4-5,7,11-12,15-22H2,1-3,6H3/t23-,24-,27-,28+,29+,31-,32?,33?,34?,35+/m1/s1. The third-order valence-electron chi connectivity index (χ3n) is 10.1. The van der Waals surface area contributed by atoms with Gasteiger partial charge in [-0.3, -0.25) is 0 Å². The summed E-state index contributed by atoms with van der Waals surface area (Å²) in [5, 5.41) is 9.17. The molecule has 4 rings (SSSR count). The molecule has 0 aromatic heterocycles. The van der Waals surface area contributed by atoms with Gasteiger partial charge in [0, 0.05) is 18.9 Å². The first-order valence-corrected chi connectivity index (χ1v) is 17.9. The molecule has 0 spiro atoms. The highest BCUT2D eigenvalue weighted by atomic mass is 32.2. The van der Waals surface area contributed by atoms with Crippen LogP contribution in [0, 0.1) is 23.7 Å². The van der Waals surface area contributed by atoms with Crippen LogP contribution < -0.4 is 0 Å². The number of hydrogen-bond acceptors (Lipinski definition) is 6. The molecule has 3 fully saturated rings. The highest BCUT2D eigenvalue weighted by Gasteiger charge is 2.46. The summed E-state index contributed by atoms with van der Waals surface area (Å²) < 4.78 is 46.7. The van der Waals surface area contributed by atoms with Crippen molar-refractivity contribution in [2.45, 2.75) is 127 Å². The third kappa shape index (κ3) is 8.35. The molecule has 3 heterocycles. The van der Waals surface area contributed by atoms with Gasteiger partial charge < -0.3 is 19.3 Å². The lowest BCUT2D eigenvalue weighted by atomic mass is 9.81. The van der Waals surface area contributed by atoms with Crippen molar-refractivity contribution >= 4 is 9.84 Å². The number of rotatable bonds is 14. The van der Waals surface area contributed by atoms with E-state index in [4.69, 9.17) is 19.3 Å². The summed E-state index contributed by atoms with van der Waals surface area (Å²) in [6.07, 6.45) is 7.77. The molecule has 6 nitrogen and oxygen atoms in total. The van der Waals surface area contributed by atoms with Crippen molar-refractivity contribution in [3.8, 4) is 0 Å². The molecule has 0 amide bonds. The molecule has 42 heavy (non-hydrogen) atoms. The van der Waals surface area contributed by atoms with Crippen LogP contribution in [0.15, 0.2) is 59.5 Å². The topological polar surface area (TPSA) is 82.1 Å². The fourth-order valence-electron chi connectivity index (χ4n) is 7.11. The highest BCUT2D eigenvalue weighted by Crippen LogP contribution is 2.43. The van der Waals surface area contributed by atoms with Crippen LogP contribution in [0.2, 0.25) is 0 Å². The van der Waals surface area contributed by atoms with Crippen LogP contribution in [0.5, 0.6) is 0 Å². The van der Waals surface area contributed by atoms with Crippen molar-refractivity contribution < 1.29 is 27.7 Å². The molecular formula is C35H54O6S. The fourth-order valence-corrected chi connectivity index (χ4v) is 8.89. The van der Waals surface area contributed by atoms with Crippen molar-refractivity contribution in [3.63, 3.8) is 0 Å². The maximum absolute atomic E-state index is 13.5. The van der Waals surface area contributed by atoms with Crippen molar-refractivity contribution in [2.24, 2.45) is 23.7 Å². The molecule has 7 heteroatoms. The van der Waals surface area contributed by atoms with Crippen LogP contribution in [0.4, 0.5) is 0 Å². The third-order valence-corrected chi connectivity index (χ3v) is 12.0. The Morgan fingerprint density at radius 3 is 2.38 bits per heavy atom. The van der Waals surface area contributed by atoms with Gasteiger partial charge in [-0.15, -0.1) is 0 Å². The van der Waals surface area contributed by atoms with Crippen LogP contribution in [0.3, 0.4) is 0 Å². The number of aliphatic hydroxyl groups excluding tert-OH is 1. The Balaban J connectivity index is 1.43. The van der Waals surface area contributed by atoms with Gasteiger partial charge in [0.2, 0.25) is 0 Å². The second-order valence-corrected chi connectivity index (χ2v) is 15.4. The van der Waals surface area contributed by atoms with E-state index in [1.807, 2.05) is 6.07 Å². The molecule has 3 aliphatic heterocycles. The van der Waals surface area contributed by atoms with Crippen LogP contribution in [0.1, 0.15) is 85.5 Å². The molecule has 3 unspecified atom stereocenters. The molecule has 236 valence electrons. The first kappa shape index (κ1) is 33.4. The Bertz CT molecular complexity index is 1130. The molecule has 1 N–H and O–H groups in total. The Kier molecular flexibility index (Phi) is 11.9. The lowest BCUT2D eigenvalue weighted by Crippen LogP contribution is -2.38. The van der Waals surface area contributed by atoms with Gasteiger partial charge in [0.15, 0.2) is 9.84 Å². The van der Waals surface area contributed by atoms with Gasteiger partial charge in [-0.05, 0) is 86.0 Å². The van der Waals surface area contributed by atoms with Crippen LogP contribution >= 0.6 is 0 Å². The van der Waals surface area contributed by atoms with Crippen molar-refractivity contribution in [1.82, 2.24) is 0 Å². The smallest absolute Gasteiger partial charge is 0.178 e. The summed E-state index contributed by atoms with van der Waals surface area (Å²) in [4.78, 5) is 0.377. The molecule has 0 bridgehead atoms. The fraction of sp³-hybridized carbons (Fsp3) is 0.714. The van der Waals surface area contributed by atoms with E-state index in [0.717, 1.165) is 62.5 Å².